The van der Waals surface area contributed by atoms with E-state index in [0.717, 1.165) is 0 Å². The Bertz CT molecular complexity index is 345. The van der Waals surface area contributed by atoms with E-state index < -0.39 is 5.97 Å². The number of carbonyl (C=O) groups is 1. The number of nitrogens with zero attached hydrogens (tertiary/aromatic N) is 1. The van der Waals surface area contributed by atoms with Gasteiger partial charge in [0.1, 0.15) is 0 Å². The van der Waals surface area contributed by atoms with Crippen molar-refractivity contribution in [2.45, 2.75) is 0 Å². The number of hydrogen-bond acceptors (Lipinski definition) is 3. The quantitative estimate of drug-likeness (QED) is 0.432. The summed E-state index contributed by atoms with van der Waals surface area (Å²) in [6.45, 7) is -0.334. The SMILES string of the molecule is NC(=S)N(CC(=O)[O-])c1ccccc1.[Na+]. The van der Waals surface area contributed by atoms with Gasteiger partial charge in [-0.15, -0.1) is 0 Å². The van der Waals surface area contributed by atoms with Crippen molar-refractivity contribution >= 4 is 29.0 Å². The number of carboxylic acid groups (broad SMARTS) is 1. The second-order valence-corrected chi connectivity index (χ2v) is 3.05. The smallest absolute Gasteiger partial charge is 0.548 e. The second-order valence-electron chi connectivity index (χ2n) is 2.63. The predicted molar refractivity (Wildman–Crippen MR) is 55.6 cm³/mol. The Hall–Kier alpha value is -0.620. The van der Waals surface area contributed by atoms with Crippen LogP contribution in [0, 0.1) is 0 Å². The van der Waals surface area contributed by atoms with Crippen LogP contribution in [0.4, 0.5) is 5.69 Å². The number of para-hydroxylation sites is 1. The Kier molecular flexibility index (Phi) is 6.51. The topological polar surface area (TPSA) is 69.4 Å². The van der Waals surface area contributed by atoms with Crippen LogP contribution < -0.4 is 45.3 Å². The van der Waals surface area contributed by atoms with Crippen molar-refractivity contribution in [2.24, 2.45) is 5.73 Å². The maximum absolute atomic E-state index is 10.4. The molecule has 15 heavy (non-hydrogen) atoms. The summed E-state index contributed by atoms with van der Waals surface area (Å²) in [4.78, 5) is 11.7. The predicted octanol–water partition coefficient (Wildman–Crippen LogP) is -3.51. The van der Waals surface area contributed by atoms with E-state index in [-0.39, 0.29) is 41.2 Å². The first-order chi connectivity index (χ1) is 6.61. The third-order valence-electron chi connectivity index (χ3n) is 1.62. The molecule has 0 saturated carbocycles. The van der Waals surface area contributed by atoms with Gasteiger partial charge in [-0.2, -0.15) is 0 Å². The van der Waals surface area contributed by atoms with Crippen molar-refractivity contribution in [3.63, 3.8) is 0 Å². The van der Waals surface area contributed by atoms with Crippen LogP contribution in [0.15, 0.2) is 30.3 Å². The van der Waals surface area contributed by atoms with Gasteiger partial charge < -0.3 is 20.5 Å². The molecule has 74 valence electrons. The van der Waals surface area contributed by atoms with Gasteiger partial charge in [-0.1, -0.05) is 18.2 Å². The molecule has 0 fully saturated rings. The second kappa shape index (κ2) is 6.79. The van der Waals surface area contributed by atoms with Gasteiger partial charge in [-0.25, -0.2) is 0 Å². The maximum Gasteiger partial charge on any atom is 1.00 e. The Morgan fingerprint density at radius 3 is 2.33 bits per heavy atom. The van der Waals surface area contributed by atoms with E-state index in [0.29, 0.717) is 5.69 Å². The largest absolute Gasteiger partial charge is 1.00 e. The fourth-order valence-electron chi connectivity index (χ4n) is 1.03. The van der Waals surface area contributed by atoms with Crippen LogP contribution in [-0.4, -0.2) is 17.6 Å². The van der Waals surface area contributed by atoms with Gasteiger partial charge in [0, 0.05) is 5.69 Å². The minimum Gasteiger partial charge on any atom is -0.548 e. The standard InChI is InChI=1S/C9H10N2O2S.Na/c10-9(14)11(6-8(12)13)7-4-2-1-3-5-7;/h1-5H,6H2,(H2,10,14)(H,12,13);/q;+1/p-1. The normalized spacial score (nSPS) is 8.80. The molecule has 6 heteroatoms. The molecule has 4 nitrogen and oxygen atoms in total. The average molecular weight is 232 g/mol. The summed E-state index contributed by atoms with van der Waals surface area (Å²) >= 11 is 4.73. The summed E-state index contributed by atoms with van der Waals surface area (Å²) in [5.41, 5.74) is 6.03. The number of benzene rings is 1. The Balaban J connectivity index is 0.00000196. The molecule has 1 rings (SSSR count). The number of rotatable bonds is 3. The number of aliphatic carboxylic acids is 1. The van der Waals surface area contributed by atoms with Gasteiger partial charge in [0.05, 0.1) is 12.5 Å². The molecule has 1 aromatic carbocycles. The van der Waals surface area contributed by atoms with E-state index in [9.17, 15) is 9.90 Å². The third kappa shape index (κ3) is 4.61. The van der Waals surface area contributed by atoms with E-state index in [1.54, 1.807) is 24.3 Å². The molecule has 0 aliphatic heterocycles. The molecule has 0 radical (unpaired) electrons. The van der Waals surface area contributed by atoms with Crippen LogP contribution >= 0.6 is 12.2 Å². The van der Waals surface area contributed by atoms with E-state index in [4.69, 9.17) is 18.0 Å². The molecule has 0 atom stereocenters. The third-order valence-corrected chi connectivity index (χ3v) is 1.84. The molecule has 0 bridgehead atoms. The first kappa shape index (κ1) is 14.4. The summed E-state index contributed by atoms with van der Waals surface area (Å²) in [6.07, 6.45) is 0. The Morgan fingerprint density at radius 2 is 1.93 bits per heavy atom. The molecule has 0 aromatic heterocycles. The molecular weight excluding hydrogens is 223 g/mol. The summed E-state index contributed by atoms with van der Waals surface area (Å²) in [5, 5.41) is 10.4. The van der Waals surface area contributed by atoms with Crippen molar-refractivity contribution in [3.8, 4) is 0 Å². The van der Waals surface area contributed by atoms with Crippen LogP contribution in [0.25, 0.3) is 0 Å². The molecule has 0 saturated heterocycles. The van der Waals surface area contributed by atoms with Crippen LogP contribution in [0.3, 0.4) is 0 Å². The zero-order valence-electron chi connectivity index (χ0n) is 8.34. The number of thiocarbonyl (C=S) groups is 1. The van der Waals surface area contributed by atoms with Crippen molar-refractivity contribution in [1.29, 1.82) is 0 Å². The molecule has 0 unspecified atom stereocenters. The molecule has 0 amide bonds. The fourth-order valence-corrected chi connectivity index (χ4v) is 1.20. The van der Waals surface area contributed by atoms with Crippen LogP contribution in [-0.2, 0) is 4.79 Å². The summed E-state index contributed by atoms with van der Waals surface area (Å²) < 4.78 is 0. The number of nitrogens with two attached hydrogens (primary N) is 1. The fraction of sp³-hybridized carbons (Fsp3) is 0.111. The Labute approximate surface area is 115 Å². The number of carboxylic acids is 1. The van der Waals surface area contributed by atoms with Crippen LogP contribution in [0.1, 0.15) is 0 Å². The molecular formula is C9H9N2NaO2S. The van der Waals surface area contributed by atoms with E-state index in [2.05, 4.69) is 0 Å². The van der Waals surface area contributed by atoms with Gasteiger partial charge in [0.2, 0.25) is 0 Å². The zero-order valence-corrected chi connectivity index (χ0v) is 11.2. The number of anilines is 1. The summed E-state index contributed by atoms with van der Waals surface area (Å²) in [5.74, 6) is -1.22. The number of hydrogen-bond donors (Lipinski definition) is 1. The summed E-state index contributed by atoms with van der Waals surface area (Å²) in [7, 11) is 0. The first-order valence-electron chi connectivity index (χ1n) is 3.93. The van der Waals surface area contributed by atoms with Gasteiger partial charge in [0.15, 0.2) is 5.11 Å². The van der Waals surface area contributed by atoms with Crippen LogP contribution in [0.2, 0.25) is 0 Å². The van der Waals surface area contributed by atoms with Crippen LogP contribution in [0.5, 0.6) is 0 Å². The van der Waals surface area contributed by atoms with Crippen molar-refractivity contribution in [3.05, 3.63) is 30.3 Å². The van der Waals surface area contributed by atoms with E-state index in [1.807, 2.05) is 6.07 Å². The van der Waals surface area contributed by atoms with Gasteiger partial charge in [-0.05, 0) is 24.4 Å². The number of carbonyl (C=O) groups excluding carboxylic acids is 1. The monoisotopic (exact) mass is 232 g/mol. The molecule has 1 aromatic rings. The molecule has 0 heterocycles. The average Bonchev–Trinajstić information content (AvgIpc) is 2.15. The molecule has 2 N–H and O–H groups in total. The molecule has 0 spiro atoms. The summed E-state index contributed by atoms with van der Waals surface area (Å²) in [6, 6.07) is 8.82. The van der Waals surface area contributed by atoms with Gasteiger partial charge >= 0.3 is 29.6 Å². The minimum absolute atomic E-state index is 0. The van der Waals surface area contributed by atoms with Crippen molar-refractivity contribution in [1.82, 2.24) is 0 Å². The Morgan fingerprint density at radius 1 is 1.40 bits per heavy atom. The molecule has 0 aliphatic carbocycles. The van der Waals surface area contributed by atoms with Gasteiger partial charge in [0.25, 0.3) is 0 Å². The van der Waals surface area contributed by atoms with E-state index in [1.165, 1.54) is 4.90 Å². The minimum atomic E-state index is -1.22. The van der Waals surface area contributed by atoms with Crippen molar-refractivity contribution in [2.75, 3.05) is 11.4 Å². The zero-order chi connectivity index (χ0) is 10.6. The van der Waals surface area contributed by atoms with Gasteiger partial charge in [-0.3, -0.25) is 0 Å². The molecule has 0 aliphatic rings. The van der Waals surface area contributed by atoms with Crippen molar-refractivity contribution < 1.29 is 39.5 Å². The first-order valence-corrected chi connectivity index (χ1v) is 4.34. The maximum atomic E-state index is 10.4. The van der Waals surface area contributed by atoms with E-state index >= 15 is 0 Å².